The molecule has 9 heteroatoms. The lowest BCUT2D eigenvalue weighted by Crippen LogP contribution is -2.41. The summed E-state index contributed by atoms with van der Waals surface area (Å²) in [6, 6.07) is 6.48. The van der Waals surface area contributed by atoms with E-state index in [0.717, 1.165) is 23.7 Å². The lowest BCUT2D eigenvalue weighted by molar-refractivity contribution is 0.0951. The van der Waals surface area contributed by atoms with Crippen LogP contribution in [0.1, 0.15) is 28.0 Å². The monoisotopic (exact) mass is 503 g/mol. The summed E-state index contributed by atoms with van der Waals surface area (Å²) in [5, 5.41) is 21.9. The van der Waals surface area contributed by atoms with Gasteiger partial charge in [-0.3, -0.25) is 9.79 Å². The third-order valence-corrected chi connectivity index (χ3v) is 4.32. The minimum Gasteiger partial charge on any atom is -0.507 e. The number of rotatable bonds is 8. The van der Waals surface area contributed by atoms with E-state index >= 15 is 0 Å². The van der Waals surface area contributed by atoms with Gasteiger partial charge in [-0.2, -0.15) is 0 Å². The molecule has 0 spiro atoms. The first kappa shape index (κ1) is 23.2. The van der Waals surface area contributed by atoms with E-state index in [-0.39, 0.29) is 41.2 Å². The van der Waals surface area contributed by atoms with E-state index in [2.05, 4.69) is 31.3 Å². The minimum absolute atomic E-state index is 0. The van der Waals surface area contributed by atoms with Crippen molar-refractivity contribution in [2.45, 2.75) is 20.3 Å². The van der Waals surface area contributed by atoms with Gasteiger partial charge in [-0.25, -0.2) is 4.98 Å². The summed E-state index contributed by atoms with van der Waals surface area (Å²) in [6.07, 6.45) is 0.797. The number of amides is 1. The summed E-state index contributed by atoms with van der Waals surface area (Å²) in [5.74, 6) is 0.382. The van der Waals surface area contributed by atoms with Gasteiger partial charge in [0.15, 0.2) is 5.96 Å². The molecule has 0 saturated carbocycles. The highest BCUT2D eigenvalue weighted by atomic mass is 127. The Labute approximate surface area is 180 Å². The Hall–Kier alpha value is -1.88. The second-order valence-corrected chi connectivity index (χ2v) is 6.63. The van der Waals surface area contributed by atoms with Gasteiger partial charge in [0, 0.05) is 38.0 Å². The van der Waals surface area contributed by atoms with E-state index in [1.807, 2.05) is 13.8 Å². The van der Waals surface area contributed by atoms with Crippen molar-refractivity contribution in [3.63, 3.8) is 0 Å². The smallest absolute Gasteiger partial charge is 0.255 e. The van der Waals surface area contributed by atoms with Crippen molar-refractivity contribution in [3.8, 4) is 5.75 Å². The number of halogens is 1. The number of aryl methyl sites for hydroxylation is 1. The van der Waals surface area contributed by atoms with Crippen LogP contribution in [0, 0.1) is 6.92 Å². The number of nitrogens with zero attached hydrogens (tertiary/aromatic N) is 2. The predicted molar refractivity (Wildman–Crippen MR) is 120 cm³/mol. The van der Waals surface area contributed by atoms with Gasteiger partial charge >= 0.3 is 0 Å². The molecule has 0 unspecified atom stereocenters. The molecule has 2 rings (SSSR count). The number of para-hydroxylation sites is 1. The van der Waals surface area contributed by atoms with Crippen LogP contribution >= 0.6 is 35.3 Å². The number of benzene rings is 1. The van der Waals surface area contributed by atoms with Crippen LogP contribution in [0.3, 0.4) is 0 Å². The molecular formula is C18H26IN5O2S. The van der Waals surface area contributed by atoms with Crippen LogP contribution in [0.25, 0.3) is 0 Å². The van der Waals surface area contributed by atoms with Crippen molar-refractivity contribution in [3.05, 3.63) is 45.9 Å². The fourth-order valence-corrected chi connectivity index (χ4v) is 2.91. The van der Waals surface area contributed by atoms with Crippen molar-refractivity contribution < 1.29 is 9.90 Å². The van der Waals surface area contributed by atoms with Gasteiger partial charge in [0.1, 0.15) is 5.75 Å². The molecule has 0 aliphatic heterocycles. The van der Waals surface area contributed by atoms with Crippen molar-refractivity contribution in [2.75, 3.05) is 26.2 Å². The molecule has 27 heavy (non-hydrogen) atoms. The Kier molecular flexibility index (Phi) is 10.7. The zero-order valence-electron chi connectivity index (χ0n) is 15.5. The maximum atomic E-state index is 12.0. The molecule has 2 aromatic rings. The van der Waals surface area contributed by atoms with Gasteiger partial charge < -0.3 is 21.1 Å². The van der Waals surface area contributed by atoms with Crippen LogP contribution in [0.2, 0.25) is 0 Å². The summed E-state index contributed by atoms with van der Waals surface area (Å²) < 4.78 is 0. The number of aromatic nitrogens is 1. The standard InChI is InChI=1S/C18H25N5O2S.HI/c1-3-19-18(21-9-8-14-12-26-13(2)23-14)22-11-10-20-17(25)15-6-4-5-7-16(15)24;/h4-7,12,24H,3,8-11H2,1-2H3,(H,20,25)(H2,19,21,22);1H. The summed E-state index contributed by atoms with van der Waals surface area (Å²) in [7, 11) is 0. The van der Waals surface area contributed by atoms with Gasteiger partial charge in [0.25, 0.3) is 5.91 Å². The molecule has 1 amide bonds. The molecule has 0 aliphatic rings. The van der Waals surface area contributed by atoms with E-state index < -0.39 is 0 Å². The SMILES string of the molecule is CCNC(=NCCc1csc(C)n1)NCCNC(=O)c1ccccc1O.I. The predicted octanol–water partition coefficient (Wildman–Crippen LogP) is 2.30. The quantitative estimate of drug-likeness (QED) is 0.192. The molecule has 148 valence electrons. The van der Waals surface area contributed by atoms with Crippen molar-refractivity contribution in [1.82, 2.24) is 20.9 Å². The van der Waals surface area contributed by atoms with Crippen LogP contribution in [-0.2, 0) is 6.42 Å². The van der Waals surface area contributed by atoms with Crippen molar-refractivity contribution in [2.24, 2.45) is 4.99 Å². The summed E-state index contributed by atoms with van der Waals surface area (Å²) in [5.41, 5.74) is 1.33. The number of phenolic OH excluding ortho intramolecular Hbond substituents is 1. The van der Waals surface area contributed by atoms with E-state index in [1.54, 1.807) is 29.5 Å². The van der Waals surface area contributed by atoms with Gasteiger partial charge in [0.05, 0.1) is 16.3 Å². The number of guanidine groups is 1. The second-order valence-electron chi connectivity index (χ2n) is 5.57. The number of carbonyl (C=O) groups is 1. The molecule has 0 aliphatic carbocycles. The number of hydrogen-bond acceptors (Lipinski definition) is 5. The third-order valence-electron chi connectivity index (χ3n) is 3.50. The lowest BCUT2D eigenvalue weighted by atomic mass is 10.2. The fourth-order valence-electron chi connectivity index (χ4n) is 2.26. The second kappa shape index (κ2) is 12.5. The first-order chi connectivity index (χ1) is 12.6. The molecule has 0 atom stereocenters. The Balaban J connectivity index is 0.00000364. The highest BCUT2D eigenvalue weighted by molar-refractivity contribution is 14.0. The topological polar surface area (TPSA) is 98.6 Å². The Morgan fingerprint density at radius 2 is 1.96 bits per heavy atom. The first-order valence-electron chi connectivity index (χ1n) is 8.59. The van der Waals surface area contributed by atoms with Gasteiger partial charge in [0.2, 0.25) is 0 Å². The zero-order valence-corrected chi connectivity index (χ0v) is 18.6. The normalized spacial score (nSPS) is 10.8. The maximum absolute atomic E-state index is 12.0. The largest absolute Gasteiger partial charge is 0.507 e. The van der Waals surface area contributed by atoms with Crippen molar-refractivity contribution >= 4 is 47.2 Å². The molecule has 0 saturated heterocycles. The van der Waals surface area contributed by atoms with Gasteiger partial charge in [-0.05, 0) is 26.0 Å². The number of aromatic hydroxyl groups is 1. The molecule has 0 radical (unpaired) electrons. The molecule has 0 bridgehead atoms. The van der Waals surface area contributed by atoms with Crippen molar-refractivity contribution in [1.29, 1.82) is 0 Å². The van der Waals surface area contributed by atoms with E-state index in [4.69, 9.17) is 0 Å². The summed E-state index contributed by atoms with van der Waals surface area (Å²) >= 11 is 1.64. The Morgan fingerprint density at radius 1 is 1.22 bits per heavy atom. The number of phenols is 1. The molecular weight excluding hydrogens is 477 g/mol. The van der Waals surface area contributed by atoms with Gasteiger partial charge in [-0.15, -0.1) is 35.3 Å². The highest BCUT2D eigenvalue weighted by Gasteiger charge is 2.09. The average Bonchev–Trinajstić information content (AvgIpc) is 3.04. The molecule has 1 heterocycles. The van der Waals surface area contributed by atoms with Crippen LogP contribution in [0.15, 0.2) is 34.6 Å². The maximum Gasteiger partial charge on any atom is 0.255 e. The Bertz CT molecular complexity index is 751. The number of hydrogen-bond donors (Lipinski definition) is 4. The third kappa shape index (κ3) is 8.12. The fraction of sp³-hybridized carbons (Fsp3) is 0.389. The van der Waals surface area contributed by atoms with E-state index in [1.165, 1.54) is 6.07 Å². The Morgan fingerprint density at radius 3 is 2.63 bits per heavy atom. The van der Waals surface area contributed by atoms with E-state index in [9.17, 15) is 9.90 Å². The molecule has 0 fully saturated rings. The molecule has 1 aromatic heterocycles. The van der Waals surface area contributed by atoms with Crippen LogP contribution < -0.4 is 16.0 Å². The van der Waals surface area contributed by atoms with Crippen LogP contribution in [0.5, 0.6) is 5.75 Å². The number of thiazole rings is 1. The number of nitrogens with one attached hydrogen (secondary N) is 3. The summed E-state index contributed by atoms with van der Waals surface area (Å²) in [6.45, 7) is 6.34. The van der Waals surface area contributed by atoms with Crippen LogP contribution in [0.4, 0.5) is 0 Å². The van der Waals surface area contributed by atoms with Crippen LogP contribution in [-0.4, -0.2) is 48.1 Å². The zero-order chi connectivity index (χ0) is 18.8. The minimum atomic E-state index is -0.300. The average molecular weight is 503 g/mol. The van der Waals surface area contributed by atoms with Gasteiger partial charge in [-0.1, -0.05) is 12.1 Å². The summed E-state index contributed by atoms with van der Waals surface area (Å²) in [4.78, 5) is 21.0. The first-order valence-corrected chi connectivity index (χ1v) is 9.47. The lowest BCUT2D eigenvalue weighted by Gasteiger charge is -2.12. The highest BCUT2D eigenvalue weighted by Crippen LogP contribution is 2.14. The van der Waals surface area contributed by atoms with E-state index in [0.29, 0.717) is 25.6 Å². The number of aliphatic imine (C=N–C) groups is 1. The molecule has 7 nitrogen and oxygen atoms in total. The molecule has 1 aromatic carbocycles. The number of carbonyl (C=O) groups excluding carboxylic acids is 1. The molecule has 4 N–H and O–H groups in total.